The van der Waals surface area contributed by atoms with Gasteiger partial charge in [-0.3, -0.25) is 4.99 Å². The van der Waals surface area contributed by atoms with Gasteiger partial charge in [-0.15, -0.1) is 24.0 Å². The van der Waals surface area contributed by atoms with Gasteiger partial charge in [-0.05, 0) is 55.7 Å². The molecule has 0 amide bonds. The summed E-state index contributed by atoms with van der Waals surface area (Å²) in [6.45, 7) is 6.44. The summed E-state index contributed by atoms with van der Waals surface area (Å²) in [5.74, 6) is 3.43. The fraction of sp³-hybridized carbons (Fsp3) is 0.435. The van der Waals surface area contributed by atoms with Crippen molar-refractivity contribution in [2.45, 2.75) is 32.7 Å². The van der Waals surface area contributed by atoms with Gasteiger partial charge >= 0.3 is 0 Å². The van der Waals surface area contributed by atoms with E-state index in [1.54, 1.807) is 14.2 Å². The van der Waals surface area contributed by atoms with Crippen molar-refractivity contribution in [1.29, 1.82) is 0 Å². The minimum atomic E-state index is 0. The van der Waals surface area contributed by atoms with Crippen LogP contribution in [0.1, 0.15) is 36.6 Å². The lowest BCUT2D eigenvalue weighted by molar-refractivity contribution is 0.357. The zero-order valence-corrected chi connectivity index (χ0v) is 20.5. The lowest BCUT2D eigenvalue weighted by Gasteiger charge is -2.20. The number of ether oxygens (including phenoxy) is 3. The highest BCUT2D eigenvalue weighted by atomic mass is 127. The molecular weight excluding hydrogens is 493 g/mol. The molecule has 0 radical (unpaired) electrons. The van der Waals surface area contributed by atoms with Gasteiger partial charge in [-0.25, -0.2) is 0 Å². The Hall–Kier alpha value is -2.16. The van der Waals surface area contributed by atoms with Crippen LogP contribution in [-0.4, -0.2) is 39.9 Å². The number of benzene rings is 2. The van der Waals surface area contributed by atoms with Crippen LogP contribution in [-0.2, 0) is 12.8 Å². The Morgan fingerprint density at radius 1 is 1.17 bits per heavy atom. The monoisotopic (exact) mass is 525 g/mol. The smallest absolute Gasteiger partial charge is 0.191 e. The third kappa shape index (κ3) is 6.17. The molecule has 0 aliphatic carbocycles. The molecule has 0 bridgehead atoms. The molecule has 164 valence electrons. The predicted octanol–water partition coefficient (Wildman–Crippen LogP) is 4.12. The average molecular weight is 525 g/mol. The summed E-state index contributed by atoms with van der Waals surface area (Å²) in [5, 5.41) is 6.80. The van der Waals surface area contributed by atoms with Gasteiger partial charge in [0.05, 0.1) is 26.9 Å². The van der Waals surface area contributed by atoms with Gasteiger partial charge in [0.25, 0.3) is 0 Å². The van der Waals surface area contributed by atoms with E-state index in [4.69, 9.17) is 19.2 Å². The zero-order chi connectivity index (χ0) is 20.6. The molecule has 3 rings (SSSR count). The molecule has 1 atom stereocenters. The summed E-state index contributed by atoms with van der Waals surface area (Å²) in [7, 11) is 3.35. The van der Waals surface area contributed by atoms with Crippen LogP contribution in [0.15, 0.2) is 41.4 Å². The van der Waals surface area contributed by atoms with Crippen molar-refractivity contribution >= 4 is 29.9 Å². The maximum atomic E-state index is 5.58. The molecule has 1 heterocycles. The molecule has 30 heavy (non-hydrogen) atoms. The third-order valence-electron chi connectivity index (χ3n) is 5.03. The number of methoxy groups -OCH3 is 2. The van der Waals surface area contributed by atoms with E-state index in [2.05, 4.69) is 42.7 Å². The first-order valence-electron chi connectivity index (χ1n) is 10.2. The first-order valence-corrected chi connectivity index (χ1v) is 10.2. The van der Waals surface area contributed by atoms with Crippen LogP contribution in [0, 0.1) is 0 Å². The highest BCUT2D eigenvalue weighted by Gasteiger charge is 2.15. The normalized spacial score (nSPS) is 13.5. The number of rotatable bonds is 8. The van der Waals surface area contributed by atoms with Crippen LogP contribution in [0.2, 0.25) is 0 Å². The molecule has 2 aromatic rings. The molecular formula is C23H32IN3O3. The Balaban J connectivity index is 0.00000320. The Labute approximate surface area is 196 Å². The van der Waals surface area contributed by atoms with E-state index in [0.29, 0.717) is 6.54 Å². The summed E-state index contributed by atoms with van der Waals surface area (Å²) >= 11 is 0. The van der Waals surface area contributed by atoms with Crippen molar-refractivity contribution < 1.29 is 14.2 Å². The number of hydrogen-bond acceptors (Lipinski definition) is 4. The largest absolute Gasteiger partial charge is 0.497 e. The zero-order valence-electron chi connectivity index (χ0n) is 18.2. The van der Waals surface area contributed by atoms with Crippen LogP contribution >= 0.6 is 24.0 Å². The molecule has 1 aliphatic heterocycles. The van der Waals surface area contributed by atoms with Crippen molar-refractivity contribution in [1.82, 2.24) is 10.6 Å². The maximum Gasteiger partial charge on any atom is 0.191 e. The second-order valence-electron chi connectivity index (χ2n) is 7.03. The summed E-state index contributed by atoms with van der Waals surface area (Å²) < 4.78 is 16.5. The Kier molecular flexibility index (Phi) is 9.55. The van der Waals surface area contributed by atoms with Crippen molar-refractivity contribution in [2.75, 3.05) is 33.9 Å². The molecule has 1 unspecified atom stereocenters. The molecule has 0 aromatic heterocycles. The summed E-state index contributed by atoms with van der Waals surface area (Å²) in [6.07, 6.45) is 1.89. The van der Waals surface area contributed by atoms with Gasteiger partial charge in [0.15, 0.2) is 5.96 Å². The molecule has 7 heteroatoms. The number of nitrogens with one attached hydrogen (secondary N) is 2. The number of hydrogen-bond donors (Lipinski definition) is 2. The van der Waals surface area contributed by atoms with Crippen molar-refractivity contribution in [3.8, 4) is 17.2 Å². The topological polar surface area (TPSA) is 64.1 Å². The van der Waals surface area contributed by atoms with E-state index < -0.39 is 0 Å². The fourth-order valence-electron chi connectivity index (χ4n) is 3.47. The fourth-order valence-corrected chi connectivity index (χ4v) is 3.47. The molecule has 0 fully saturated rings. The quantitative estimate of drug-likeness (QED) is 0.309. The first kappa shape index (κ1) is 24.1. The molecule has 0 spiro atoms. The minimum Gasteiger partial charge on any atom is -0.497 e. The Morgan fingerprint density at radius 2 is 2.00 bits per heavy atom. The number of guanidine groups is 1. The van der Waals surface area contributed by atoms with Gasteiger partial charge < -0.3 is 24.8 Å². The van der Waals surface area contributed by atoms with Gasteiger partial charge in [-0.1, -0.05) is 12.1 Å². The molecule has 2 N–H and O–H groups in total. The van der Waals surface area contributed by atoms with E-state index in [-0.39, 0.29) is 30.0 Å². The van der Waals surface area contributed by atoms with Gasteiger partial charge in [0.2, 0.25) is 0 Å². The van der Waals surface area contributed by atoms with Crippen molar-refractivity contribution in [3.05, 3.63) is 53.1 Å². The van der Waals surface area contributed by atoms with Crippen LogP contribution < -0.4 is 24.8 Å². The lowest BCUT2D eigenvalue weighted by Crippen LogP contribution is -2.39. The van der Waals surface area contributed by atoms with Gasteiger partial charge in [0, 0.05) is 25.1 Å². The van der Waals surface area contributed by atoms with E-state index in [1.165, 1.54) is 11.1 Å². The summed E-state index contributed by atoms with van der Waals surface area (Å²) in [6, 6.07) is 12.3. The van der Waals surface area contributed by atoms with E-state index >= 15 is 0 Å². The van der Waals surface area contributed by atoms with Crippen LogP contribution in [0.5, 0.6) is 17.2 Å². The predicted molar refractivity (Wildman–Crippen MR) is 132 cm³/mol. The highest BCUT2D eigenvalue weighted by Crippen LogP contribution is 2.29. The Bertz CT molecular complexity index is 858. The van der Waals surface area contributed by atoms with Crippen LogP contribution in [0.25, 0.3) is 0 Å². The minimum absolute atomic E-state index is 0. The SMILES string of the molecule is CCNC(=NCCc1ccc2c(c1)CCO2)NC(C)c1cc(OC)ccc1OC.I. The van der Waals surface area contributed by atoms with Crippen molar-refractivity contribution in [2.24, 2.45) is 4.99 Å². The van der Waals surface area contributed by atoms with Crippen molar-refractivity contribution in [3.63, 3.8) is 0 Å². The van der Waals surface area contributed by atoms with E-state index in [0.717, 1.165) is 54.8 Å². The molecule has 1 aliphatic rings. The van der Waals surface area contributed by atoms with E-state index in [9.17, 15) is 0 Å². The second-order valence-corrected chi connectivity index (χ2v) is 7.03. The number of nitrogens with zero attached hydrogens (tertiary/aromatic N) is 1. The summed E-state index contributed by atoms with van der Waals surface area (Å²) in [4.78, 5) is 4.76. The standard InChI is InChI=1S/C23H31N3O3.HI/c1-5-24-23(25-12-10-17-6-8-21-18(14-17)11-13-29-21)26-16(2)20-15-19(27-3)7-9-22(20)28-4;/h6-9,14-16H,5,10-13H2,1-4H3,(H2,24,25,26);1H. The highest BCUT2D eigenvalue weighted by molar-refractivity contribution is 14.0. The van der Waals surface area contributed by atoms with E-state index in [1.807, 2.05) is 18.2 Å². The molecule has 6 nitrogen and oxygen atoms in total. The van der Waals surface area contributed by atoms with Crippen LogP contribution in [0.4, 0.5) is 0 Å². The Morgan fingerprint density at radius 3 is 2.73 bits per heavy atom. The maximum absolute atomic E-state index is 5.58. The second kappa shape index (κ2) is 11.9. The third-order valence-corrected chi connectivity index (χ3v) is 5.03. The molecule has 0 saturated carbocycles. The summed E-state index contributed by atoms with van der Waals surface area (Å²) in [5.41, 5.74) is 3.61. The average Bonchev–Trinajstić information content (AvgIpc) is 3.21. The molecule has 2 aromatic carbocycles. The number of halogens is 1. The van der Waals surface area contributed by atoms with Gasteiger partial charge in [-0.2, -0.15) is 0 Å². The van der Waals surface area contributed by atoms with Gasteiger partial charge in [0.1, 0.15) is 17.2 Å². The number of aliphatic imine (C=N–C) groups is 1. The molecule has 0 saturated heterocycles. The first-order chi connectivity index (χ1) is 14.1. The number of fused-ring (bicyclic) bond motifs is 1. The van der Waals surface area contributed by atoms with Crippen LogP contribution in [0.3, 0.4) is 0 Å². The lowest BCUT2D eigenvalue weighted by atomic mass is 10.1.